The lowest BCUT2D eigenvalue weighted by Crippen LogP contribution is -2.54. The molecule has 0 heterocycles. The maximum Gasteiger partial charge on any atom is 0.264 e. The van der Waals surface area contributed by atoms with Crippen LogP contribution in [0.1, 0.15) is 31.4 Å². The highest BCUT2D eigenvalue weighted by atomic mass is 32.2. The molecule has 0 aliphatic carbocycles. The number of rotatable bonds is 14. The predicted molar refractivity (Wildman–Crippen MR) is 173 cm³/mol. The van der Waals surface area contributed by atoms with Gasteiger partial charge in [0.1, 0.15) is 24.2 Å². The number of amides is 2. The largest absolute Gasteiger partial charge is 0.497 e. The number of sulfonamides is 1. The summed E-state index contributed by atoms with van der Waals surface area (Å²) in [5, 5.41) is 3.00. The quantitative estimate of drug-likeness (QED) is 0.196. The van der Waals surface area contributed by atoms with Gasteiger partial charge in [-0.1, -0.05) is 67.6 Å². The molecule has 236 valence electrons. The number of halogens is 1. The molecule has 0 aliphatic rings. The maximum absolute atomic E-state index is 14.4. The van der Waals surface area contributed by atoms with Crippen LogP contribution in [0.3, 0.4) is 0 Å². The molecule has 8 nitrogen and oxygen atoms in total. The number of anilines is 1. The fraction of sp³-hybridized carbons (Fsp3) is 0.257. The van der Waals surface area contributed by atoms with E-state index in [1.807, 2.05) is 44.2 Å². The summed E-state index contributed by atoms with van der Waals surface area (Å²) in [5.41, 5.74) is 1.69. The van der Waals surface area contributed by atoms with Crippen LogP contribution in [0.4, 0.5) is 10.1 Å². The Hall–Kier alpha value is -4.70. The number of benzene rings is 4. The standard InChI is InChI=1S/C35H38FN3O5S/c1-4-26(2)37-35(41)33(23-27-11-7-5-8-12-27)38(24-28-15-17-29(36)18-16-28)34(40)25-39(30-13-9-6-10-14-30)45(42,43)32-21-19-31(44-3)20-22-32/h5-22,26,33H,4,23-25H2,1-3H3,(H,37,41)/t26-,33+/m1/s1. The van der Waals surface area contributed by atoms with Gasteiger partial charge < -0.3 is 15.0 Å². The Morgan fingerprint density at radius 1 is 0.844 bits per heavy atom. The lowest BCUT2D eigenvalue weighted by Gasteiger charge is -2.34. The van der Waals surface area contributed by atoms with Crippen LogP contribution in [0.2, 0.25) is 0 Å². The second-order valence-electron chi connectivity index (χ2n) is 10.7. The van der Waals surface area contributed by atoms with Crippen molar-refractivity contribution in [2.45, 2.75) is 50.2 Å². The van der Waals surface area contributed by atoms with Crippen LogP contribution in [0, 0.1) is 5.82 Å². The first kappa shape index (κ1) is 33.2. The lowest BCUT2D eigenvalue weighted by molar-refractivity contribution is -0.140. The average molecular weight is 632 g/mol. The van der Waals surface area contributed by atoms with Crippen LogP contribution >= 0.6 is 0 Å². The molecule has 1 N–H and O–H groups in total. The first-order valence-corrected chi connectivity index (χ1v) is 16.2. The summed E-state index contributed by atoms with van der Waals surface area (Å²) in [5.74, 6) is -0.918. The molecule has 0 saturated carbocycles. The fourth-order valence-corrected chi connectivity index (χ4v) is 6.19. The van der Waals surface area contributed by atoms with Crippen LogP contribution in [0.15, 0.2) is 114 Å². The number of hydrogen-bond donors (Lipinski definition) is 1. The third kappa shape index (κ3) is 8.69. The Morgan fingerprint density at radius 2 is 1.44 bits per heavy atom. The van der Waals surface area contributed by atoms with Crippen LogP contribution in [-0.4, -0.2) is 50.9 Å². The van der Waals surface area contributed by atoms with Crippen LogP contribution < -0.4 is 14.4 Å². The molecule has 4 rings (SSSR count). The van der Waals surface area contributed by atoms with E-state index >= 15 is 0 Å². The monoisotopic (exact) mass is 631 g/mol. The molecule has 0 bridgehead atoms. The number of nitrogens with zero attached hydrogens (tertiary/aromatic N) is 2. The van der Waals surface area contributed by atoms with Crippen molar-refractivity contribution in [2.75, 3.05) is 18.0 Å². The summed E-state index contributed by atoms with van der Waals surface area (Å²) in [6, 6.07) is 28.1. The van der Waals surface area contributed by atoms with Gasteiger partial charge in [-0.25, -0.2) is 12.8 Å². The van der Waals surface area contributed by atoms with Gasteiger partial charge in [0.2, 0.25) is 11.8 Å². The predicted octanol–water partition coefficient (Wildman–Crippen LogP) is 5.58. The van der Waals surface area contributed by atoms with Gasteiger partial charge in [0, 0.05) is 19.0 Å². The van der Waals surface area contributed by atoms with Crippen molar-refractivity contribution < 1.29 is 27.1 Å². The second-order valence-corrected chi connectivity index (χ2v) is 12.6. The van der Waals surface area contributed by atoms with E-state index in [1.165, 1.54) is 48.4 Å². The Balaban J connectivity index is 1.78. The molecular weight excluding hydrogens is 593 g/mol. The summed E-state index contributed by atoms with van der Waals surface area (Å²) in [7, 11) is -2.75. The summed E-state index contributed by atoms with van der Waals surface area (Å²) in [6.07, 6.45) is 0.865. The van der Waals surface area contributed by atoms with E-state index in [-0.39, 0.29) is 35.5 Å². The molecule has 0 spiro atoms. The number of methoxy groups -OCH3 is 1. The summed E-state index contributed by atoms with van der Waals surface area (Å²) < 4.78 is 48.2. The average Bonchev–Trinajstić information content (AvgIpc) is 3.06. The summed E-state index contributed by atoms with van der Waals surface area (Å²) in [4.78, 5) is 29.6. The third-order valence-corrected chi connectivity index (χ3v) is 9.30. The Morgan fingerprint density at radius 3 is 2.02 bits per heavy atom. The maximum atomic E-state index is 14.4. The summed E-state index contributed by atoms with van der Waals surface area (Å²) in [6.45, 7) is 3.19. The highest BCUT2D eigenvalue weighted by Crippen LogP contribution is 2.26. The van der Waals surface area contributed by atoms with E-state index in [1.54, 1.807) is 42.5 Å². The molecule has 2 amide bonds. The molecule has 45 heavy (non-hydrogen) atoms. The van der Waals surface area contributed by atoms with Crippen molar-refractivity contribution in [1.82, 2.24) is 10.2 Å². The number of para-hydroxylation sites is 1. The fourth-order valence-electron chi connectivity index (χ4n) is 4.78. The number of nitrogens with one attached hydrogen (secondary N) is 1. The van der Waals surface area contributed by atoms with Crippen molar-refractivity contribution in [2.24, 2.45) is 0 Å². The van der Waals surface area contributed by atoms with E-state index in [9.17, 15) is 22.4 Å². The number of carbonyl (C=O) groups is 2. The Labute approximate surface area is 264 Å². The van der Waals surface area contributed by atoms with E-state index in [2.05, 4.69) is 5.32 Å². The molecule has 0 unspecified atom stereocenters. The smallest absolute Gasteiger partial charge is 0.264 e. The summed E-state index contributed by atoms with van der Waals surface area (Å²) >= 11 is 0. The molecule has 0 fully saturated rings. The third-order valence-electron chi connectivity index (χ3n) is 7.51. The van der Waals surface area contributed by atoms with E-state index in [4.69, 9.17) is 4.74 Å². The molecule has 0 aliphatic heterocycles. The zero-order chi connectivity index (χ0) is 32.4. The van der Waals surface area contributed by atoms with Gasteiger partial charge in [0.15, 0.2) is 0 Å². The van der Waals surface area contributed by atoms with E-state index < -0.39 is 34.3 Å². The number of hydrogen-bond acceptors (Lipinski definition) is 5. The minimum Gasteiger partial charge on any atom is -0.497 e. The zero-order valence-electron chi connectivity index (χ0n) is 25.6. The van der Waals surface area contributed by atoms with E-state index in [0.717, 1.165) is 9.87 Å². The van der Waals surface area contributed by atoms with E-state index in [0.29, 0.717) is 17.7 Å². The van der Waals surface area contributed by atoms with Gasteiger partial charge in [-0.3, -0.25) is 13.9 Å². The minimum atomic E-state index is -4.23. The van der Waals surface area contributed by atoms with Crippen molar-refractivity contribution in [3.8, 4) is 5.75 Å². The molecule has 4 aromatic carbocycles. The first-order chi connectivity index (χ1) is 21.6. The SMILES string of the molecule is CC[C@@H](C)NC(=O)[C@H](Cc1ccccc1)N(Cc1ccc(F)cc1)C(=O)CN(c1ccccc1)S(=O)(=O)c1ccc(OC)cc1. The van der Waals surface area contributed by atoms with Gasteiger partial charge in [0.25, 0.3) is 10.0 Å². The molecule has 10 heteroatoms. The van der Waals surface area contributed by atoms with Crippen LogP contribution in [0.5, 0.6) is 5.75 Å². The van der Waals surface area contributed by atoms with Gasteiger partial charge in [-0.05, 0) is 73.0 Å². The minimum absolute atomic E-state index is 0.0274. The Bertz CT molecular complexity index is 1650. The topological polar surface area (TPSA) is 96.0 Å². The van der Waals surface area contributed by atoms with Gasteiger partial charge in [-0.2, -0.15) is 0 Å². The molecule has 0 saturated heterocycles. The van der Waals surface area contributed by atoms with Gasteiger partial charge in [0.05, 0.1) is 17.7 Å². The zero-order valence-corrected chi connectivity index (χ0v) is 26.4. The first-order valence-electron chi connectivity index (χ1n) is 14.7. The van der Waals surface area contributed by atoms with Crippen molar-refractivity contribution in [3.05, 3.63) is 126 Å². The molecular formula is C35H38FN3O5S. The van der Waals surface area contributed by atoms with Crippen molar-refractivity contribution in [3.63, 3.8) is 0 Å². The van der Waals surface area contributed by atoms with Gasteiger partial charge in [-0.15, -0.1) is 0 Å². The molecule has 2 atom stereocenters. The van der Waals surface area contributed by atoms with Crippen molar-refractivity contribution in [1.29, 1.82) is 0 Å². The lowest BCUT2D eigenvalue weighted by atomic mass is 10.0. The molecule has 4 aromatic rings. The Kier molecular flexibility index (Phi) is 11.3. The molecule has 0 aromatic heterocycles. The normalized spacial score (nSPS) is 12.5. The number of ether oxygens (including phenoxy) is 1. The van der Waals surface area contributed by atoms with Crippen molar-refractivity contribution >= 4 is 27.5 Å². The molecule has 0 radical (unpaired) electrons. The number of carbonyl (C=O) groups excluding carboxylic acids is 2. The second kappa shape index (κ2) is 15.3. The van der Waals surface area contributed by atoms with Gasteiger partial charge >= 0.3 is 0 Å². The van der Waals surface area contributed by atoms with Crippen LogP contribution in [0.25, 0.3) is 0 Å². The highest BCUT2D eigenvalue weighted by molar-refractivity contribution is 7.92. The highest BCUT2D eigenvalue weighted by Gasteiger charge is 2.35. The van der Waals surface area contributed by atoms with Crippen LogP contribution in [-0.2, 0) is 32.6 Å².